The molecule has 1 saturated carbocycles. The molecule has 3 rings (SSSR count). The molecule has 0 unspecified atom stereocenters. The maximum absolute atomic E-state index is 12.4. The summed E-state index contributed by atoms with van der Waals surface area (Å²) in [7, 11) is 0. The smallest absolute Gasteiger partial charge is 0.261 e. The van der Waals surface area contributed by atoms with E-state index < -0.39 is 0 Å². The zero-order valence-electron chi connectivity index (χ0n) is 13.7. The number of likely N-dealkylation sites (tertiary alicyclic amines) is 1. The molecule has 0 atom stereocenters. The number of hydrogen-bond acceptors (Lipinski definition) is 3. The van der Waals surface area contributed by atoms with Crippen LogP contribution in [0.5, 0.6) is 0 Å². The zero-order valence-corrected chi connectivity index (χ0v) is 14.5. The molecule has 1 amide bonds. The molecule has 0 radical (unpaired) electrons. The predicted octanol–water partition coefficient (Wildman–Crippen LogP) is 3.98. The van der Waals surface area contributed by atoms with Gasteiger partial charge in [0.05, 0.1) is 4.88 Å². The number of nitrogens with zero attached hydrogens (tertiary/aromatic N) is 1. The largest absolute Gasteiger partial charge is 0.349 e. The Morgan fingerprint density at radius 1 is 1.14 bits per heavy atom. The lowest BCUT2D eigenvalue weighted by Crippen LogP contribution is -2.58. The minimum absolute atomic E-state index is 0.111. The van der Waals surface area contributed by atoms with Crippen molar-refractivity contribution in [2.24, 2.45) is 0 Å². The number of carbonyl (C=O) groups is 1. The van der Waals surface area contributed by atoms with Crippen molar-refractivity contribution in [3.63, 3.8) is 0 Å². The summed E-state index contributed by atoms with van der Waals surface area (Å²) in [5.74, 6) is 0.111. The van der Waals surface area contributed by atoms with E-state index in [1.807, 2.05) is 12.1 Å². The summed E-state index contributed by atoms with van der Waals surface area (Å²) in [6.45, 7) is 5.31. The van der Waals surface area contributed by atoms with Crippen LogP contribution < -0.4 is 5.32 Å². The molecule has 1 aromatic rings. The third-order valence-corrected chi connectivity index (χ3v) is 6.35. The normalized spacial score (nSPS) is 22.4. The first-order valence-electron chi connectivity index (χ1n) is 8.79. The molecule has 1 aliphatic heterocycles. The van der Waals surface area contributed by atoms with E-state index >= 15 is 0 Å². The summed E-state index contributed by atoms with van der Waals surface area (Å²) in [5, 5.41) is 3.25. The van der Waals surface area contributed by atoms with Gasteiger partial charge in [-0.25, -0.2) is 0 Å². The molecule has 2 aliphatic rings. The summed E-state index contributed by atoms with van der Waals surface area (Å²) in [4.78, 5) is 17.1. The van der Waals surface area contributed by atoms with E-state index in [1.165, 1.54) is 69.3 Å². The second kappa shape index (κ2) is 7.14. The van der Waals surface area contributed by atoms with E-state index in [0.717, 1.165) is 11.4 Å². The van der Waals surface area contributed by atoms with Crippen LogP contribution in [0.2, 0.25) is 0 Å². The number of carbonyl (C=O) groups excluding carboxylic acids is 1. The molecule has 3 nitrogen and oxygen atoms in total. The highest BCUT2D eigenvalue weighted by molar-refractivity contribution is 7.13. The highest BCUT2D eigenvalue weighted by atomic mass is 32.1. The first-order valence-corrected chi connectivity index (χ1v) is 9.61. The zero-order chi connectivity index (χ0) is 15.4. The Morgan fingerprint density at radius 2 is 1.82 bits per heavy atom. The summed E-state index contributed by atoms with van der Waals surface area (Å²) < 4.78 is 0. The van der Waals surface area contributed by atoms with Crippen LogP contribution in [0.25, 0.3) is 0 Å². The summed E-state index contributed by atoms with van der Waals surface area (Å²) in [6, 6.07) is 3.98. The van der Waals surface area contributed by atoms with Gasteiger partial charge in [-0.2, -0.15) is 0 Å². The van der Waals surface area contributed by atoms with Gasteiger partial charge in [0.25, 0.3) is 5.91 Å². The highest BCUT2D eigenvalue weighted by Gasteiger charge is 2.38. The van der Waals surface area contributed by atoms with Gasteiger partial charge in [0, 0.05) is 17.0 Å². The fraction of sp³-hybridized carbons (Fsp3) is 0.722. The molecule has 2 heterocycles. The monoisotopic (exact) mass is 320 g/mol. The summed E-state index contributed by atoms with van der Waals surface area (Å²) in [5.41, 5.74) is 0.223. The SMILES string of the molecule is Cc1ccc(C(=O)NCC2(N3CCCCC3)CCCCC2)s1. The highest BCUT2D eigenvalue weighted by Crippen LogP contribution is 2.35. The third-order valence-electron chi connectivity index (χ3n) is 5.35. The van der Waals surface area contributed by atoms with Crippen molar-refractivity contribution in [2.75, 3.05) is 19.6 Å². The second-order valence-electron chi connectivity index (χ2n) is 6.93. The van der Waals surface area contributed by atoms with E-state index in [2.05, 4.69) is 17.1 Å². The lowest BCUT2D eigenvalue weighted by molar-refractivity contribution is 0.0327. The molecule has 1 N–H and O–H groups in total. The van der Waals surface area contributed by atoms with Gasteiger partial charge < -0.3 is 5.32 Å². The summed E-state index contributed by atoms with van der Waals surface area (Å²) in [6.07, 6.45) is 10.5. The molecule has 1 aliphatic carbocycles. The fourth-order valence-corrected chi connectivity index (χ4v) is 4.86. The van der Waals surface area contributed by atoms with Crippen molar-refractivity contribution in [1.29, 1.82) is 0 Å². The Balaban J connectivity index is 1.66. The van der Waals surface area contributed by atoms with Crippen molar-refractivity contribution < 1.29 is 4.79 Å². The number of piperidine rings is 1. The van der Waals surface area contributed by atoms with Crippen LogP contribution in [-0.4, -0.2) is 36.0 Å². The maximum atomic E-state index is 12.4. The summed E-state index contributed by atoms with van der Waals surface area (Å²) >= 11 is 1.59. The molecule has 0 aromatic carbocycles. The van der Waals surface area contributed by atoms with E-state index in [1.54, 1.807) is 11.3 Å². The van der Waals surface area contributed by atoms with Gasteiger partial charge in [-0.3, -0.25) is 9.69 Å². The predicted molar refractivity (Wildman–Crippen MR) is 92.6 cm³/mol. The quantitative estimate of drug-likeness (QED) is 0.910. The molecule has 0 bridgehead atoms. The molecule has 0 spiro atoms. The van der Waals surface area contributed by atoms with Crippen molar-refractivity contribution in [3.8, 4) is 0 Å². The van der Waals surface area contributed by atoms with Gasteiger partial charge in [-0.1, -0.05) is 25.7 Å². The number of rotatable bonds is 4. The average Bonchev–Trinajstić information content (AvgIpc) is 3.01. The maximum Gasteiger partial charge on any atom is 0.261 e. The Bertz CT molecular complexity index is 499. The molecule has 1 saturated heterocycles. The van der Waals surface area contributed by atoms with Gasteiger partial charge in [-0.15, -0.1) is 11.3 Å². The van der Waals surface area contributed by atoms with Crippen LogP contribution in [0, 0.1) is 6.92 Å². The Morgan fingerprint density at radius 3 is 2.45 bits per heavy atom. The standard InChI is InChI=1S/C18H28N2OS/c1-15-8-9-16(22-15)17(21)19-14-18(10-4-2-5-11-18)20-12-6-3-7-13-20/h8-9H,2-7,10-14H2,1H3,(H,19,21). The Kier molecular flexibility index (Phi) is 5.19. The van der Waals surface area contributed by atoms with Crippen LogP contribution in [0.4, 0.5) is 0 Å². The number of hydrogen-bond donors (Lipinski definition) is 1. The molecular weight excluding hydrogens is 292 g/mol. The van der Waals surface area contributed by atoms with Gasteiger partial charge in [0.15, 0.2) is 0 Å². The first-order chi connectivity index (χ1) is 10.7. The van der Waals surface area contributed by atoms with Gasteiger partial charge in [0.2, 0.25) is 0 Å². The topological polar surface area (TPSA) is 32.3 Å². The van der Waals surface area contributed by atoms with E-state index in [-0.39, 0.29) is 11.4 Å². The number of nitrogens with one attached hydrogen (secondary N) is 1. The Hall–Kier alpha value is -0.870. The second-order valence-corrected chi connectivity index (χ2v) is 8.21. The molecule has 122 valence electrons. The third kappa shape index (κ3) is 3.54. The number of aryl methyl sites for hydroxylation is 1. The lowest BCUT2D eigenvalue weighted by atomic mass is 9.79. The van der Waals surface area contributed by atoms with Crippen LogP contribution in [0.3, 0.4) is 0 Å². The van der Waals surface area contributed by atoms with Crippen LogP contribution in [0.1, 0.15) is 65.9 Å². The minimum Gasteiger partial charge on any atom is -0.349 e. The average molecular weight is 321 g/mol. The van der Waals surface area contributed by atoms with Crippen LogP contribution in [0.15, 0.2) is 12.1 Å². The number of thiophene rings is 1. The van der Waals surface area contributed by atoms with Crippen LogP contribution in [-0.2, 0) is 0 Å². The lowest BCUT2D eigenvalue weighted by Gasteiger charge is -2.48. The van der Waals surface area contributed by atoms with Crippen molar-refractivity contribution in [1.82, 2.24) is 10.2 Å². The van der Waals surface area contributed by atoms with Gasteiger partial charge in [0.1, 0.15) is 0 Å². The van der Waals surface area contributed by atoms with Crippen molar-refractivity contribution in [3.05, 3.63) is 21.9 Å². The Labute approximate surface area is 138 Å². The molecule has 2 fully saturated rings. The van der Waals surface area contributed by atoms with Gasteiger partial charge >= 0.3 is 0 Å². The van der Waals surface area contributed by atoms with E-state index in [0.29, 0.717) is 0 Å². The first kappa shape index (κ1) is 16.0. The fourth-order valence-electron chi connectivity index (χ4n) is 4.07. The van der Waals surface area contributed by atoms with Gasteiger partial charge in [-0.05, 0) is 57.8 Å². The molecular formula is C18H28N2OS. The minimum atomic E-state index is 0.111. The molecule has 22 heavy (non-hydrogen) atoms. The molecule has 4 heteroatoms. The van der Waals surface area contributed by atoms with Crippen molar-refractivity contribution >= 4 is 17.2 Å². The van der Waals surface area contributed by atoms with E-state index in [4.69, 9.17) is 0 Å². The van der Waals surface area contributed by atoms with Crippen LogP contribution >= 0.6 is 11.3 Å². The molecule has 1 aromatic heterocycles. The van der Waals surface area contributed by atoms with Crippen molar-refractivity contribution in [2.45, 2.75) is 63.8 Å². The number of amides is 1. The van der Waals surface area contributed by atoms with E-state index in [9.17, 15) is 4.79 Å².